The van der Waals surface area contributed by atoms with Gasteiger partial charge in [0.05, 0.1) is 11.3 Å². The fourth-order valence-electron chi connectivity index (χ4n) is 2.96. The molecular formula is C20H30N2O4. The van der Waals surface area contributed by atoms with Crippen molar-refractivity contribution in [3.05, 3.63) is 23.8 Å². The van der Waals surface area contributed by atoms with Crippen LogP contribution in [0.15, 0.2) is 18.2 Å². The van der Waals surface area contributed by atoms with E-state index >= 15 is 0 Å². The molecule has 0 heterocycles. The number of nitrogen functional groups attached to an aromatic ring is 1. The van der Waals surface area contributed by atoms with Gasteiger partial charge in [0, 0.05) is 13.6 Å². The van der Waals surface area contributed by atoms with Crippen LogP contribution in [0.25, 0.3) is 0 Å². The SMILES string of the molecule is CCCCN(C)C(=O)COc1cc(C(=O)OC2CCCCC2)ccc1N. The zero-order valence-corrected chi connectivity index (χ0v) is 15.8. The lowest BCUT2D eigenvalue weighted by atomic mass is 9.98. The third-order valence-corrected chi connectivity index (χ3v) is 4.70. The minimum Gasteiger partial charge on any atom is -0.482 e. The second-order valence-corrected chi connectivity index (χ2v) is 6.88. The molecular weight excluding hydrogens is 332 g/mol. The molecule has 1 aliphatic rings. The summed E-state index contributed by atoms with van der Waals surface area (Å²) < 4.78 is 11.1. The van der Waals surface area contributed by atoms with Crippen LogP contribution in [0.5, 0.6) is 5.75 Å². The molecule has 2 N–H and O–H groups in total. The van der Waals surface area contributed by atoms with Gasteiger partial charge in [0.2, 0.25) is 0 Å². The Morgan fingerprint density at radius 2 is 1.96 bits per heavy atom. The number of likely N-dealkylation sites (N-methyl/N-ethyl adjacent to an activating group) is 1. The maximum atomic E-state index is 12.3. The van der Waals surface area contributed by atoms with E-state index in [1.165, 1.54) is 6.42 Å². The van der Waals surface area contributed by atoms with Gasteiger partial charge < -0.3 is 20.1 Å². The number of nitrogens with two attached hydrogens (primary N) is 1. The predicted molar refractivity (Wildman–Crippen MR) is 101 cm³/mol. The van der Waals surface area contributed by atoms with Crippen molar-refractivity contribution in [2.45, 2.75) is 58.0 Å². The summed E-state index contributed by atoms with van der Waals surface area (Å²) in [7, 11) is 1.75. The first-order chi connectivity index (χ1) is 12.5. The van der Waals surface area contributed by atoms with Gasteiger partial charge in [-0.3, -0.25) is 4.79 Å². The van der Waals surface area contributed by atoms with Crippen LogP contribution in [0, 0.1) is 0 Å². The highest BCUT2D eigenvalue weighted by Crippen LogP contribution is 2.25. The second-order valence-electron chi connectivity index (χ2n) is 6.88. The maximum absolute atomic E-state index is 12.3. The topological polar surface area (TPSA) is 81.9 Å². The van der Waals surface area contributed by atoms with Crippen LogP contribution in [0.3, 0.4) is 0 Å². The van der Waals surface area contributed by atoms with Crippen molar-refractivity contribution in [3.8, 4) is 5.75 Å². The Morgan fingerprint density at radius 1 is 1.23 bits per heavy atom. The summed E-state index contributed by atoms with van der Waals surface area (Å²) in [5.74, 6) is -0.151. The molecule has 0 radical (unpaired) electrons. The quantitative estimate of drug-likeness (QED) is 0.566. The van der Waals surface area contributed by atoms with Crippen LogP contribution in [0.2, 0.25) is 0 Å². The highest BCUT2D eigenvalue weighted by Gasteiger charge is 2.20. The molecule has 0 bridgehead atoms. The number of rotatable bonds is 8. The number of carbonyl (C=O) groups is 2. The number of hydrogen-bond donors (Lipinski definition) is 1. The zero-order valence-electron chi connectivity index (χ0n) is 15.8. The molecule has 0 saturated heterocycles. The van der Waals surface area contributed by atoms with E-state index in [2.05, 4.69) is 6.92 Å². The number of ether oxygens (including phenoxy) is 2. The van der Waals surface area contributed by atoms with Gasteiger partial charge in [-0.05, 0) is 50.3 Å². The summed E-state index contributed by atoms with van der Waals surface area (Å²) in [5, 5.41) is 0. The largest absolute Gasteiger partial charge is 0.482 e. The monoisotopic (exact) mass is 362 g/mol. The van der Waals surface area contributed by atoms with Crippen molar-refractivity contribution < 1.29 is 19.1 Å². The summed E-state index contributed by atoms with van der Waals surface area (Å²) in [6.07, 6.45) is 7.21. The van der Waals surface area contributed by atoms with Gasteiger partial charge in [-0.25, -0.2) is 4.79 Å². The van der Waals surface area contributed by atoms with Gasteiger partial charge >= 0.3 is 5.97 Å². The number of esters is 1. The molecule has 144 valence electrons. The lowest BCUT2D eigenvalue weighted by Gasteiger charge is -2.22. The summed E-state index contributed by atoms with van der Waals surface area (Å²) in [6, 6.07) is 4.79. The standard InChI is InChI=1S/C20H30N2O4/c1-3-4-12-22(2)19(23)14-25-18-13-15(10-11-17(18)21)20(24)26-16-8-6-5-7-9-16/h10-11,13,16H,3-9,12,14,21H2,1-2H3. The molecule has 1 aromatic carbocycles. The van der Waals surface area contributed by atoms with Crippen molar-refractivity contribution in [1.29, 1.82) is 0 Å². The molecule has 6 nitrogen and oxygen atoms in total. The Kier molecular flexibility index (Phi) is 7.75. The van der Waals surface area contributed by atoms with Crippen molar-refractivity contribution >= 4 is 17.6 Å². The van der Waals surface area contributed by atoms with Crippen molar-refractivity contribution in [1.82, 2.24) is 4.90 Å². The molecule has 0 spiro atoms. The Labute approximate surface area is 155 Å². The fraction of sp³-hybridized carbons (Fsp3) is 0.600. The lowest BCUT2D eigenvalue weighted by Crippen LogP contribution is -2.32. The molecule has 2 rings (SSSR count). The van der Waals surface area contributed by atoms with Gasteiger partial charge in [-0.2, -0.15) is 0 Å². The Bertz CT molecular complexity index is 612. The van der Waals surface area contributed by atoms with E-state index in [1.807, 2.05) is 0 Å². The minimum absolute atomic E-state index is 0.00744. The van der Waals surface area contributed by atoms with E-state index in [1.54, 1.807) is 30.1 Å². The molecule has 1 amide bonds. The number of unbranched alkanes of at least 4 members (excludes halogenated alkanes) is 1. The van der Waals surface area contributed by atoms with Crippen molar-refractivity contribution in [2.75, 3.05) is 25.9 Å². The summed E-state index contributed by atoms with van der Waals surface area (Å²) in [5.41, 5.74) is 6.70. The molecule has 0 aromatic heterocycles. The first-order valence-electron chi connectivity index (χ1n) is 9.48. The Balaban J connectivity index is 1.93. The third-order valence-electron chi connectivity index (χ3n) is 4.70. The highest BCUT2D eigenvalue weighted by atomic mass is 16.5. The molecule has 1 aromatic rings. The summed E-state index contributed by atoms with van der Waals surface area (Å²) in [6.45, 7) is 2.67. The van der Waals surface area contributed by atoms with Gasteiger partial charge in [0.1, 0.15) is 11.9 Å². The van der Waals surface area contributed by atoms with Crippen molar-refractivity contribution in [2.24, 2.45) is 0 Å². The van der Waals surface area contributed by atoms with Gasteiger partial charge in [0.15, 0.2) is 6.61 Å². The molecule has 0 unspecified atom stereocenters. The minimum atomic E-state index is -0.367. The van der Waals surface area contributed by atoms with Crippen LogP contribution < -0.4 is 10.5 Å². The normalized spacial score (nSPS) is 14.7. The van der Waals surface area contributed by atoms with Crippen LogP contribution in [0.4, 0.5) is 5.69 Å². The molecule has 1 fully saturated rings. The fourth-order valence-corrected chi connectivity index (χ4v) is 2.96. The van der Waals surface area contributed by atoms with E-state index in [9.17, 15) is 9.59 Å². The van der Waals surface area contributed by atoms with Gasteiger partial charge in [-0.15, -0.1) is 0 Å². The number of benzene rings is 1. The van der Waals surface area contributed by atoms with Crippen LogP contribution in [-0.2, 0) is 9.53 Å². The van der Waals surface area contributed by atoms with E-state index in [-0.39, 0.29) is 24.6 Å². The molecule has 1 aliphatic carbocycles. The van der Waals surface area contributed by atoms with E-state index in [0.29, 0.717) is 23.5 Å². The third kappa shape index (κ3) is 5.93. The van der Waals surface area contributed by atoms with Crippen LogP contribution in [-0.4, -0.2) is 43.1 Å². The first-order valence-corrected chi connectivity index (χ1v) is 9.48. The summed E-state index contributed by atoms with van der Waals surface area (Å²) in [4.78, 5) is 26.1. The predicted octanol–water partition coefficient (Wildman–Crippen LogP) is 3.40. The van der Waals surface area contributed by atoms with E-state index in [0.717, 1.165) is 38.5 Å². The van der Waals surface area contributed by atoms with E-state index < -0.39 is 0 Å². The highest BCUT2D eigenvalue weighted by molar-refractivity contribution is 5.91. The van der Waals surface area contributed by atoms with Crippen LogP contribution in [0.1, 0.15) is 62.2 Å². The summed E-state index contributed by atoms with van der Waals surface area (Å²) >= 11 is 0. The maximum Gasteiger partial charge on any atom is 0.338 e. The van der Waals surface area contributed by atoms with Gasteiger partial charge in [0.25, 0.3) is 5.91 Å². The zero-order chi connectivity index (χ0) is 18.9. The van der Waals surface area contributed by atoms with E-state index in [4.69, 9.17) is 15.2 Å². The number of hydrogen-bond acceptors (Lipinski definition) is 5. The molecule has 6 heteroatoms. The molecule has 26 heavy (non-hydrogen) atoms. The number of nitrogens with zero attached hydrogens (tertiary/aromatic N) is 1. The molecule has 0 atom stereocenters. The lowest BCUT2D eigenvalue weighted by molar-refractivity contribution is -0.132. The average molecular weight is 362 g/mol. The molecule has 1 saturated carbocycles. The Hall–Kier alpha value is -2.24. The number of amides is 1. The smallest absolute Gasteiger partial charge is 0.338 e. The second kappa shape index (κ2) is 10.0. The van der Waals surface area contributed by atoms with Gasteiger partial charge in [-0.1, -0.05) is 19.8 Å². The van der Waals surface area contributed by atoms with Crippen LogP contribution >= 0.6 is 0 Å². The van der Waals surface area contributed by atoms with Crippen molar-refractivity contribution in [3.63, 3.8) is 0 Å². The average Bonchev–Trinajstić information content (AvgIpc) is 2.65. The number of carbonyl (C=O) groups excluding carboxylic acids is 2. The Morgan fingerprint density at radius 3 is 2.65 bits per heavy atom. The molecule has 0 aliphatic heterocycles. The first kappa shape index (κ1) is 20.1. The number of anilines is 1.